The van der Waals surface area contributed by atoms with Crippen molar-refractivity contribution in [3.05, 3.63) is 29.3 Å². The fourth-order valence-corrected chi connectivity index (χ4v) is 1.24. The van der Waals surface area contributed by atoms with Crippen molar-refractivity contribution in [2.45, 2.75) is 13.8 Å². The third kappa shape index (κ3) is 2.63. The van der Waals surface area contributed by atoms with Crippen LogP contribution in [0.3, 0.4) is 0 Å². The third-order valence-corrected chi connectivity index (χ3v) is 1.53. The summed E-state index contributed by atoms with van der Waals surface area (Å²) in [5, 5.41) is 0. The van der Waals surface area contributed by atoms with Crippen molar-refractivity contribution in [3.8, 4) is 5.75 Å². The van der Waals surface area contributed by atoms with Crippen molar-refractivity contribution in [1.29, 1.82) is 0 Å². The van der Waals surface area contributed by atoms with E-state index in [1.54, 1.807) is 0 Å². The molecule has 0 fully saturated rings. The summed E-state index contributed by atoms with van der Waals surface area (Å²) >= 11 is 0. The van der Waals surface area contributed by atoms with Crippen LogP contribution in [-0.4, -0.2) is 5.71 Å². The van der Waals surface area contributed by atoms with E-state index >= 15 is 0 Å². The van der Waals surface area contributed by atoms with Crippen LogP contribution >= 0.6 is 9.24 Å². The Balaban J connectivity index is 2.93. The van der Waals surface area contributed by atoms with Gasteiger partial charge in [0.05, 0.1) is 0 Å². The highest BCUT2D eigenvalue weighted by atomic mass is 31.0. The molecule has 0 radical (unpaired) electrons. The van der Waals surface area contributed by atoms with Crippen LogP contribution in [-0.2, 0) is 0 Å². The normalized spacial score (nSPS) is 9.58. The molecule has 1 atom stereocenters. The van der Waals surface area contributed by atoms with Crippen LogP contribution < -0.4 is 4.74 Å². The maximum atomic E-state index is 10.6. The van der Waals surface area contributed by atoms with Gasteiger partial charge in [-0.25, -0.2) is 4.79 Å². The minimum atomic E-state index is -0.361. The Bertz CT molecular complexity index is 287. The molecular formula is C9H11O2P. The van der Waals surface area contributed by atoms with Crippen molar-refractivity contribution in [3.63, 3.8) is 0 Å². The quantitative estimate of drug-likeness (QED) is 0.624. The lowest BCUT2D eigenvalue weighted by atomic mass is 10.1. The molecule has 0 aliphatic rings. The van der Waals surface area contributed by atoms with Crippen molar-refractivity contribution in [2.24, 2.45) is 0 Å². The van der Waals surface area contributed by atoms with Gasteiger partial charge in [0.25, 0.3) is 0 Å². The molecule has 3 heteroatoms. The first-order valence-electron chi connectivity index (χ1n) is 3.63. The van der Waals surface area contributed by atoms with Crippen molar-refractivity contribution in [2.75, 3.05) is 0 Å². The van der Waals surface area contributed by atoms with Gasteiger partial charge >= 0.3 is 5.71 Å². The number of carbonyl (C=O) groups is 1. The van der Waals surface area contributed by atoms with Crippen LogP contribution in [0.15, 0.2) is 18.2 Å². The molecule has 1 aromatic carbocycles. The lowest BCUT2D eigenvalue weighted by molar-refractivity contribution is 0.227. The molecule has 0 spiro atoms. The zero-order valence-corrected chi connectivity index (χ0v) is 8.28. The lowest BCUT2D eigenvalue weighted by Crippen LogP contribution is -1.95. The van der Waals surface area contributed by atoms with E-state index in [9.17, 15) is 4.79 Å². The molecule has 1 aromatic rings. The van der Waals surface area contributed by atoms with Gasteiger partial charge < -0.3 is 4.74 Å². The zero-order valence-electron chi connectivity index (χ0n) is 7.13. The summed E-state index contributed by atoms with van der Waals surface area (Å²) in [5.41, 5.74) is 1.83. The van der Waals surface area contributed by atoms with Gasteiger partial charge in [0.2, 0.25) is 0 Å². The maximum absolute atomic E-state index is 10.6. The smallest absolute Gasteiger partial charge is 0.325 e. The predicted octanol–water partition coefficient (Wildman–Crippen LogP) is 2.68. The second-order valence-electron chi connectivity index (χ2n) is 2.74. The fourth-order valence-electron chi connectivity index (χ4n) is 1.11. The Kier molecular flexibility index (Phi) is 2.83. The largest absolute Gasteiger partial charge is 0.424 e. The number of ether oxygens (including phenoxy) is 1. The monoisotopic (exact) mass is 182 g/mol. The highest BCUT2D eigenvalue weighted by Crippen LogP contribution is 2.17. The number of hydrogen-bond donors (Lipinski definition) is 0. The Hall–Kier alpha value is -0.880. The van der Waals surface area contributed by atoms with Crippen LogP contribution in [0.1, 0.15) is 11.1 Å². The van der Waals surface area contributed by atoms with Gasteiger partial charge in [0.1, 0.15) is 5.75 Å². The summed E-state index contributed by atoms with van der Waals surface area (Å²) in [4.78, 5) is 10.6. The Morgan fingerprint density at radius 3 is 2.17 bits per heavy atom. The lowest BCUT2D eigenvalue weighted by Gasteiger charge is -2.03. The number of benzene rings is 1. The van der Waals surface area contributed by atoms with E-state index < -0.39 is 0 Å². The third-order valence-electron chi connectivity index (χ3n) is 1.41. The van der Waals surface area contributed by atoms with Gasteiger partial charge in [0, 0.05) is 0 Å². The SMILES string of the molecule is Cc1cc(C)cc(OC(=O)P)c1. The maximum Gasteiger partial charge on any atom is 0.325 e. The van der Waals surface area contributed by atoms with Crippen LogP contribution in [0.5, 0.6) is 5.75 Å². The molecule has 12 heavy (non-hydrogen) atoms. The Morgan fingerprint density at radius 2 is 1.75 bits per heavy atom. The molecule has 0 bridgehead atoms. The first-order valence-corrected chi connectivity index (χ1v) is 4.21. The first kappa shape index (κ1) is 9.21. The van der Waals surface area contributed by atoms with E-state index in [1.807, 2.05) is 41.3 Å². The van der Waals surface area contributed by atoms with E-state index in [1.165, 1.54) is 0 Å². The number of carbonyl (C=O) groups excluding carboxylic acids is 1. The second kappa shape index (κ2) is 3.68. The highest BCUT2D eigenvalue weighted by Gasteiger charge is 1.98. The Labute approximate surface area is 74.1 Å². The van der Waals surface area contributed by atoms with Crippen molar-refractivity contribution >= 4 is 15.0 Å². The first-order chi connectivity index (χ1) is 5.58. The average Bonchev–Trinajstić information content (AvgIpc) is 1.81. The molecule has 1 rings (SSSR count). The minimum Gasteiger partial charge on any atom is -0.424 e. The van der Waals surface area contributed by atoms with Crippen molar-refractivity contribution in [1.82, 2.24) is 0 Å². The second-order valence-corrected chi connectivity index (χ2v) is 3.22. The Morgan fingerprint density at radius 1 is 1.25 bits per heavy atom. The van der Waals surface area contributed by atoms with Crippen molar-refractivity contribution < 1.29 is 9.53 Å². The van der Waals surface area contributed by atoms with Gasteiger partial charge in [0.15, 0.2) is 0 Å². The molecular weight excluding hydrogens is 171 g/mol. The van der Waals surface area contributed by atoms with E-state index in [0.717, 1.165) is 11.1 Å². The summed E-state index contributed by atoms with van der Waals surface area (Å²) in [6.07, 6.45) is 0. The van der Waals surface area contributed by atoms with Crippen LogP contribution in [0, 0.1) is 13.8 Å². The topological polar surface area (TPSA) is 26.3 Å². The zero-order chi connectivity index (χ0) is 9.14. The average molecular weight is 182 g/mol. The molecule has 0 aliphatic carbocycles. The number of aryl methyl sites for hydroxylation is 2. The number of rotatable bonds is 1. The summed E-state index contributed by atoms with van der Waals surface area (Å²) < 4.78 is 4.90. The van der Waals surface area contributed by atoms with Gasteiger partial charge in [-0.1, -0.05) is 6.07 Å². The summed E-state index contributed by atoms with van der Waals surface area (Å²) in [7, 11) is 1.98. The predicted molar refractivity (Wildman–Crippen MR) is 51.7 cm³/mol. The molecule has 1 unspecified atom stereocenters. The molecule has 0 heterocycles. The van der Waals surface area contributed by atoms with Gasteiger partial charge in [-0.3, -0.25) is 0 Å². The molecule has 0 aromatic heterocycles. The molecule has 0 aliphatic heterocycles. The molecule has 0 N–H and O–H groups in total. The molecule has 0 saturated heterocycles. The van der Waals surface area contributed by atoms with Gasteiger partial charge in [-0.15, -0.1) is 0 Å². The van der Waals surface area contributed by atoms with Gasteiger partial charge in [-0.2, -0.15) is 0 Å². The number of hydrogen-bond acceptors (Lipinski definition) is 2. The van der Waals surface area contributed by atoms with E-state index in [2.05, 4.69) is 0 Å². The molecule has 2 nitrogen and oxygen atoms in total. The van der Waals surface area contributed by atoms with E-state index in [0.29, 0.717) is 5.75 Å². The summed E-state index contributed by atoms with van der Waals surface area (Å²) in [6.45, 7) is 3.93. The van der Waals surface area contributed by atoms with E-state index in [-0.39, 0.29) is 5.71 Å². The van der Waals surface area contributed by atoms with Crippen LogP contribution in [0.2, 0.25) is 0 Å². The van der Waals surface area contributed by atoms with E-state index in [4.69, 9.17) is 4.74 Å². The minimum absolute atomic E-state index is 0.361. The molecule has 64 valence electrons. The summed E-state index contributed by atoms with van der Waals surface area (Å²) in [6, 6.07) is 5.68. The highest BCUT2D eigenvalue weighted by molar-refractivity contribution is 7.39. The van der Waals surface area contributed by atoms with Crippen LogP contribution in [0.25, 0.3) is 0 Å². The van der Waals surface area contributed by atoms with Gasteiger partial charge in [-0.05, 0) is 46.3 Å². The summed E-state index contributed by atoms with van der Waals surface area (Å²) in [5.74, 6) is 0.604. The fraction of sp³-hybridized carbons (Fsp3) is 0.222. The molecule has 0 amide bonds. The standard InChI is InChI=1S/C9H11O2P/c1-6-3-7(2)5-8(4-6)11-9(10)12/h3-5H,12H2,1-2H3. The molecule has 0 saturated carbocycles. The van der Waals surface area contributed by atoms with Crippen LogP contribution in [0.4, 0.5) is 4.79 Å².